The van der Waals surface area contributed by atoms with Crippen LogP contribution in [0, 0.1) is 6.92 Å². The van der Waals surface area contributed by atoms with Crippen LogP contribution in [0.15, 0.2) is 30.9 Å². The second kappa shape index (κ2) is 4.45. The summed E-state index contributed by atoms with van der Waals surface area (Å²) in [7, 11) is 0. The minimum atomic E-state index is -0.706. The van der Waals surface area contributed by atoms with Gasteiger partial charge in [0.15, 0.2) is 0 Å². The van der Waals surface area contributed by atoms with E-state index in [9.17, 15) is 5.11 Å². The Bertz CT molecular complexity index is 479. The number of hydrogen-bond acceptors (Lipinski definition) is 3. The molecule has 2 rings (SSSR count). The molecule has 2 aromatic heterocycles. The van der Waals surface area contributed by atoms with E-state index in [2.05, 4.69) is 9.97 Å². The molecule has 1 unspecified atom stereocenters. The number of aliphatic hydroxyl groups excluding tert-OH is 1. The Balaban J connectivity index is 2.35. The minimum absolute atomic E-state index is 0.662. The Kier molecular flexibility index (Phi) is 3.01. The van der Waals surface area contributed by atoms with Crippen LogP contribution in [-0.4, -0.2) is 19.6 Å². The van der Waals surface area contributed by atoms with Crippen molar-refractivity contribution in [3.8, 4) is 0 Å². The maximum absolute atomic E-state index is 10.2. The van der Waals surface area contributed by atoms with Gasteiger partial charge in [0, 0.05) is 36.9 Å². The van der Waals surface area contributed by atoms with Crippen molar-refractivity contribution in [3.05, 3.63) is 47.8 Å². The topological polar surface area (TPSA) is 50.9 Å². The molecule has 16 heavy (non-hydrogen) atoms. The van der Waals surface area contributed by atoms with E-state index >= 15 is 0 Å². The highest BCUT2D eigenvalue weighted by molar-refractivity contribution is 5.23. The first-order valence-electron chi connectivity index (χ1n) is 5.33. The average molecular weight is 217 g/mol. The first kappa shape index (κ1) is 10.8. The van der Waals surface area contributed by atoms with E-state index in [1.165, 1.54) is 0 Å². The molecular formula is C12H15N3O. The first-order valence-corrected chi connectivity index (χ1v) is 5.33. The average Bonchev–Trinajstić information content (AvgIpc) is 2.76. The Morgan fingerprint density at radius 2 is 2.25 bits per heavy atom. The molecular weight excluding hydrogens is 202 g/mol. The lowest BCUT2D eigenvalue weighted by Crippen LogP contribution is -2.09. The van der Waals surface area contributed by atoms with Gasteiger partial charge in [-0.2, -0.15) is 0 Å². The largest absolute Gasteiger partial charge is 0.380 e. The Labute approximate surface area is 94.6 Å². The molecule has 4 nitrogen and oxygen atoms in total. The van der Waals surface area contributed by atoms with Crippen molar-refractivity contribution < 1.29 is 5.11 Å². The van der Waals surface area contributed by atoms with E-state index in [0.29, 0.717) is 5.82 Å². The zero-order chi connectivity index (χ0) is 11.5. The quantitative estimate of drug-likeness (QED) is 0.851. The van der Waals surface area contributed by atoms with Gasteiger partial charge in [-0.05, 0) is 25.5 Å². The number of aryl methyl sites for hydroxylation is 2. The van der Waals surface area contributed by atoms with Gasteiger partial charge in [0.25, 0.3) is 0 Å². The highest BCUT2D eigenvalue weighted by Gasteiger charge is 2.15. The summed E-state index contributed by atoms with van der Waals surface area (Å²) >= 11 is 0. The van der Waals surface area contributed by atoms with Crippen molar-refractivity contribution in [2.75, 3.05) is 0 Å². The molecule has 0 saturated heterocycles. The van der Waals surface area contributed by atoms with Gasteiger partial charge in [0.1, 0.15) is 11.9 Å². The molecule has 0 spiro atoms. The lowest BCUT2D eigenvalue weighted by molar-refractivity contribution is 0.204. The molecule has 0 radical (unpaired) electrons. The predicted molar refractivity (Wildman–Crippen MR) is 60.9 cm³/mol. The lowest BCUT2D eigenvalue weighted by Gasteiger charge is -2.12. The minimum Gasteiger partial charge on any atom is -0.380 e. The highest BCUT2D eigenvalue weighted by Crippen LogP contribution is 2.20. The van der Waals surface area contributed by atoms with Crippen LogP contribution in [0.2, 0.25) is 0 Å². The Morgan fingerprint density at radius 3 is 2.94 bits per heavy atom. The monoisotopic (exact) mass is 217 g/mol. The molecule has 0 saturated carbocycles. The molecule has 2 aromatic rings. The molecule has 2 heterocycles. The number of nitrogens with zero attached hydrogens (tertiary/aromatic N) is 3. The second-order valence-electron chi connectivity index (χ2n) is 3.77. The van der Waals surface area contributed by atoms with E-state index < -0.39 is 6.10 Å². The number of pyridine rings is 1. The van der Waals surface area contributed by atoms with Gasteiger partial charge in [0.05, 0.1) is 0 Å². The number of hydrogen-bond donors (Lipinski definition) is 1. The van der Waals surface area contributed by atoms with Crippen molar-refractivity contribution >= 4 is 0 Å². The number of rotatable bonds is 3. The maximum Gasteiger partial charge on any atom is 0.142 e. The zero-order valence-corrected chi connectivity index (χ0v) is 9.46. The first-order chi connectivity index (χ1) is 7.72. The van der Waals surface area contributed by atoms with Crippen LogP contribution in [-0.2, 0) is 6.54 Å². The fourth-order valence-corrected chi connectivity index (χ4v) is 1.71. The fraction of sp³-hybridized carbons (Fsp3) is 0.333. The van der Waals surface area contributed by atoms with Gasteiger partial charge in [-0.1, -0.05) is 0 Å². The van der Waals surface area contributed by atoms with Gasteiger partial charge in [0.2, 0.25) is 0 Å². The molecule has 84 valence electrons. The van der Waals surface area contributed by atoms with E-state index in [0.717, 1.165) is 17.7 Å². The molecule has 0 aliphatic carbocycles. The number of imidazole rings is 1. The smallest absolute Gasteiger partial charge is 0.142 e. The van der Waals surface area contributed by atoms with Gasteiger partial charge < -0.3 is 9.67 Å². The van der Waals surface area contributed by atoms with Crippen molar-refractivity contribution in [2.45, 2.75) is 26.5 Å². The fourth-order valence-electron chi connectivity index (χ4n) is 1.71. The van der Waals surface area contributed by atoms with Crippen molar-refractivity contribution in [1.29, 1.82) is 0 Å². The van der Waals surface area contributed by atoms with E-state index in [1.54, 1.807) is 18.6 Å². The van der Waals surface area contributed by atoms with E-state index in [-0.39, 0.29) is 0 Å². The molecule has 1 atom stereocenters. The molecule has 0 amide bonds. The van der Waals surface area contributed by atoms with Crippen LogP contribution < -0.4 is 0 Å². The van der Waals surface area contributed by atoms with E-state index in [4.69, 9.17) is 0 Å². The van der Waals surface area contributed by atoms with Gasteiger partial charge in [-0.25, -0.2) is 4.98 Å². The molecule has 0 fully saturated rings. The van der Waals surface area contributed by atoms with Crippen LogP contribution in [0.25, 0.3) is 0 Å². The molecule has 0 bridgehead atoms. The zero-order valence-electron chi connectivity index (χ0n) is 9.46. The maximum atomic E-state index is 10.2. The van der Waals surface area contributed by atoms with Crippen LogP contribution in [0.5, 0.6) is 0 Å². The molecule has 0 aromatic carbocycles. The third kappa shape index (κ3) is 1.97. The van der Waals surface area contributed by atoms with Crippen molar-refractivity contribution in [1.82, 2.24) is 14.5 Å². The lowest BCUT2D eigenvalue weighted by atomic mass is 10.1. The third-order valence-electron chi connectivity index (χ3n) is 2.54. The molecule has 0 aliphatic heterocycles. The van der Waals surface area contributed by atoms with Crippen molar-refractivity contribution in [3.63, 3.8) is 0 Å². The second-order valence-corrected chi connectivity index (χ2v) is 3.77. The normalized spacial score (nSPS) is 12.7. The van der Waals surface area contributed by atoms with Crippen LogP contribution in [0.1, 0.15) is 30.0 Å². The molecule has 4 heteroatoms. The Hall–Kier alpha value is -1.68. The van der Waals surface area contributed by atoms with Crippen LogP contribution >= 0.6 is 0 Å². The number of aliphatic hydroxyl groups is 1. The van der Waals surface area contributed by atoms with Crippen LogP contribution in [0.3, 0.4) is 0 Å². The molecule has 1 N–H and O–H groups in total. The van der Waals surface area contributed by atoms with Gasteiger partial charge in [-0.3, -0.25) is 4.98 Å². The summed E-state index contributed by atoms with van der Waals surface area (Å²) in [5, 5.41) is 10.2. The van der Waals surface area contributed by atoms with Gasteiger partial charge in [-0.15, -0.1) is 0 Å². The van der Waals surface area contributed by atoms with E-state index in [1.807, 2.05) is 30.7 Å². The third-order valence-corrected chi connectivity index (χ3v) is 2.54. The predicted octanol–water partition coefficient (Wildman–Crippen LogP) is 1.69. The highest BCUT2D eigenvalue weighted by atomic mass is 16.3. The SMILES string of the molecule is CCn1ccnc1C(O)c1cncc(C)c1. The summed E-state index contributed by atoms with van der Waals surface area (Å²) < 4.78 is 1.92. The molecule has 0 aliphatic rings. The summed E-state index contributed by atoms with van der Waals surface area (Å²) in [6.07, 6.45) is 6.30. The standard InChI is InChI=1S/C12H15N3O/c1-3-15-5-4-14-12(15)11(16)10-6-9(2)7-13-8-10/h4-8,11,16H,3H2,1-2H3. The van der Waals surface area contributed by atoms with Crippen molar-refractivity contribution in [2.24, 2.45) is 0 Å². The summed E-state index contributed by atoms with van der Waals surface area (Å²) in [5.74, 6) is 0.662. The summed E-state index contributed by atoms with van der Waals surface area (Å²) in [6, 6.07) is 1.92. The number of aromatic nitrogens is 3. The summed E-state index contributed by atoms with van der Waals surface area (Å²) in [4.78, 5) is 8.25. The van der Waals surface area contributed by atoms with Crippen LogP contribution in [0.4, 0.5) is 0 Å². The Morgan fingerprint density at radius 1 is 1.44 bits per heavy atom. The summed E-state index contributed by atoms with van der Waals surface area (Å²) in [6.45, 7) is 4.77. The summed E-state index contributed by atoms with van der Waals surface area (Å²) in [5.41, 5.74) is 1.81. The van der Waals surface area contributed by atoms with Gasteiger partial charge >= 0.3 is 0 Å².